The molecule has 0 aliphatic heterocycles. The summed E-state index contributed by atoms with van der Waals surface area (Å²) >= 11 is 0. The van der Waals surface area contributed by atoms with Crippen LogP contribution >= 0.6 is 0 Å². The monoisotopic (exact) mass is 115 g/mol. The Labute approximate surface area is 50.2 Å². The van der Waals surface area contributed by atoms with E-state index in [2.05, 4.69) is 11.8 Å². The molecule has 0 spiro atoms. The van der Waals surface area contributed by atoms with Crippen molar-refractivity contribution in [2.24, 2.45) is 10.8 Å². The van der Waals surface area contributed by atoms with Crippen molar-refractivity contribution < 1.29 is 0 Å². The number of nitrogens with zero attached hydrogens (tertiary/aromatic N) is 2. The Morgan fingerprint density at radius 3 is 2.75 bits per heavy atom. The zero-order chi connectivity index (χ0) is 6.41. The second-order valence-electron chi connectivity index (χ2n) is 1.66. The molecule has 0 atom stereocenters. The van der Waals surface area contributed by atoms with Crippen LogP contribution in [-0.4, -0.2) is 31.9 Å². The van der Waals surface area contributed by atoms with Crippen molar-refractivity contribution in [1.82, 2.24) is 5.01 Å². The van der Waals surface area contributed by atoms with E-state index in [1.807, 2.05) is 7.05 Å². The van der Waals surface area contributed by atoms with Gasteiger partial charge < -0.3 is 10.7 Å². The van der Waals surface area contributed by atoms with E-state index in [4.69, 9.17) is 5.73 Å². The first-order valence-corrected chi connectivity index (χ1v) is 2.69. The fraction of sp³-hybridized carbons (Fsp3) is 0.800. The van der Waals surface area contributed by atoms with Gasteiger partial charge in [-0.15, -0.1) is 0 Å². The SMILES string of the molecule is C=NN(C)CCCN. The quantitative estimate of drug-likeness (QED) is 0.410. The first-order chi connectivity index (χ1) is 3.81. The van der Waals surface area contributed by atoms with Gasteiger partial charge in [0, 0.05) is 20.3 Å². The van der Waals surface area contributed by atoms with Crippen LogP contribution in [0, 0.1) is 0 Å². The average Bonchev–Trinajstić information content (AvgIpc) is 1.83. The lowest BCUT2D eigenvalue weighted by Gasteiger charge is -2.09. The molecule has 0 unspecified atom stereocenters. The minimum Gasteiger partial charge on any atom is -0.330 e. The fourth-order valence-electron chi connectivity index (χ4n) is 0.391. The lowest BCUT2D eigenvalue weighted by Crippen LogP contribution is -2.15. The van der Waals surface area contributed by atoms with Crippen LogP contribution in [0.4, 0.5) is 0 Å². The summed E-state index contributed by atoms with van der Waals surface area (Å²) in [5, 5.41) is 5.42. The Morgan fingerprint density at radius 1 is 1.75 bits per heavy atom. The van der Waals surface area contributed by atoms with Crippen LogP contribution in [-0.2, 0) is 0 Å². The van der Waals surface area contributed by atoms with Crippen molar-refractivity contribution in [2.45, 2.75) is 6.42 Å². The molecule has 3 nitrogen and oxygen atoms in total. The van der Waals surface area contributed by atoms with E-state index in [0.717, 1.165) is 19.5 Å². The standard InChI is InChI=1S/C5H13N3/c1-7-8(2)5-3-4-6/h1,3-6H2,2H3. The zero-order valence-corrected chi connectivity index (χ0v) is 5.30. The highest BCUT2D eigenvalue weighted by Crippen LogP contribution is 1.82. The van der Waals surface area contributed by atoms with Gasteiger partial charge in [0.05, 0.1) is 0 Å². The van der Waals surface area contributed by atoms with Gasteiger partial charge in [-0.25, -0.2) is 0 Å². The first-order valence-electron chi connectivity index (χ1n) is 2.69. The third-order valence-corrected chi connectivity index (χ3v) is 0.927. The van der Waals surface area contributed by atoms with Gasteiger partial charge in [-0.2, -0.15) is 5.10 Å². The Kier molecular flexibility index (Phi) is 4.26. The van der Waals surface area contributed by atoms with E-state index >= 15 is 0 Å². The Morgan fingerprint density at radius 2 is 2.38 bits per heavy atom. The highest BCUT2D eigenvalue weighted by molar-refractivity contribution is 5.22. The van der Waals surface area contributed by atoms with Gasteiger partial charge in [-0.05, 0) is 13.0 Å². The molecule has 3 heteroatoms. The van der Waals surface area contributed by atoms with Crippen LogP contribution in [0.2, 0.25) is 0 Å². The third-order valence-electron chi connectivity index (χ3n) is 0.927. The predicted octanol–water partition coefficient (Wildman–Crippen LogP) is -0.117. The van der Waals surface area contributed by atoms with Gasteiger partial charge in [0.1, 0.15) is 0 Å². The summed E-state index contributed by atoms with van der Waals surface area (Å²) in [4.78, 5) is 0. The molecule has 48 valence electrons. The number of hydrazone groups is 1. The van der Waals surface area contributed by atoms with Crippen LogP contribution < -0.4 is 5.73 Å². The molecule has 0 heterocycles. The van der Waals surface area contributed by atoms with Crippen molar-refractivity contribution in [3.8, 4) is 0 Å². The van der Waals surface area contributed by atoms with Gasteiger partial charge in [-0.3, -0.25) is 0 Å². The smallest absolute Gasteiger partial charge is 0.0368 e. The largest absolute Gasteiger partial charge is 0.330 e. The number of hydrogen-bond donors (Lipinski definition) is 1. The van der Waals surface area contributed by atoms with E-state index in [1.165, 1.54) is 0 Å². The van der Waals surface area contributed by atoms with Crippen molar-refractivity contribution >= 4 is 6.72 Å². The predicted molar refractivity (Wildman–Crippen MR) is 35.9 cm³/mol. The second kappa shape index (κ2) is 4.59. The minimum absolute atomic E-state index is 0.722. The lowest BCUT2D eigenvalue weighted by molar-refractivity contribution is 0.354. The Bertz CT molecular complexity index is 62.7. The molecule has 2 N–H and O–H groups in total. The van der Waals surface area contributed by atoms with Gasteiger partial charge in [0.15, 0.2) is 0 Å². The van der Waals surface area contributed by atoms with Crippen molar-refractivity contribution in [2.75, 3.05) is 20.1 Å². The molecule has 0 fully saturated rings. The van der Waals surface area contributed by atoms with E-state index in [-0.39, 0.29) is 0 Å². The van der Waals surface area contributed by atoms with Crippen LogP contribution in [0.3, 0.4) is 0 Å². The molecule has 0 saturated carbocycles. The highest BCUT2D eigenvalue weighted by atomic mass is 15.4. The third kappa shape index (κ3) is 3.61. The van der Waals surface area contributed by atoms with E-state index in [9.17, 15) is 0 Å². The highest BCUT2D eigenvalue weighted by Gasteiger charge is 1.86. The summed E-state index contributed by atoms with van der Waals surface area (Å²) in [6.45, 7) is 4.97. The molecule has 0 aliphatic carbocycles. The normalized spacial score (nSPS) is 8.75. The second-order valence-corrected chi connectivity index (χ2v) is 1.66. The van der Waals surface area contributed by atoms with Crippen LogP contribution in [0.15, 0.2) is 5.10 Å². The molecule has 0 bridgehead atoms. The first kappa shape index (κ1) is 7.43. The molecule has 0 amide bonds. The van der Waals surface area contributed by atoms with Crippen LogP contribution in [0.5, 0.6) is 0 Å². The Hall–Kier alpha value is -0.570. The van der Waals surface area contributed by atoms with Gasteiger partial charge in [0.25, 0.3) is 0 Å². The van der Waals surface area contributed by atoms with Gasteiger partial charge >= 0.3 is 0 Å². The summed E-state index contributed by atoms with van der Waals surface area (Å²) in [5.41, 5.74) is 5.24. The summed E-state index contributed by atoms with van der Waals surface area (Å²) in [6.07, 6.45) is 0.982. The van der Waals surface area contributed by atoms with Gasteiger partial charge in [-0.1, -0.05) is 0 Å². The number of rotatable bonds is 4. The lowest BCUT2D eigenvalue weighted by atomic mass is 10.4. The van der Waals surface area contributed by atoms with Gasteiger partial charge in [0.2, 0.25) is 0 Å². The summed E-state index contributed by atoms with van der Waals surface area (Å²) in [6, 6.07) is 0. The molecule has 0 aromatic heterocycles. The number of nitrogens with two attached hydrogens (primary N) is 1. The molecule has 0 aliphatic rings. The van der Waals surface area contributed by atoms with Crippen molar-refractivity contribution in [1.29, 1.82) is 0 Å². The molecule has 0 rings (SSSR count). The fourth-order valence-corrected chi connectivity index (χ4v) is 0.391. The maximum Gasteiger partial charge on any atom is 0.0368 e. The zero-order valence-electron chi connectivity index (χ0n) is 5.30. The van der Waals surface area contributed by atoms with Crippen LogP contribution in [0.1, 0.15) is 6.42 Å². The maximum atomic E-state index is 5.24. The Balaban J connectivity index is 2.98. The maximum absolute atomic E-state index is 5.24. The summed E-state index contributed by atoms with van der Waals surface area (Å²) in [5.74, 6) is 0. The molecular formula is C5H13N3. The van der Waals surface area contributed by atoms with Crippen LogP contribution in [0.25, 0.3) is 0 Å². The molecule has 8 heavy (non-hydrogen) atoms. The minimum atomic E-state index is 0.722. The summed E-state index contributed by atoms with van der Waals surface area (Å²) < 4.78 is 0. The van der Waals surface area contributed by atoms with E-state index < -0.39 is 0 Å². The summed E-state index contributed by atoms with van der Waals surface area (Å²) in [7, 11) is 1.88. The molecule has 0 saturated heterocycles. The molecule has 0 aromatic rings. The molecule has 0 radical (unpaired) electrons. The molecule has 0 aromatic carbocycles. The van der Waals surface area contributed by atoms with Crippen molar-refractivity contribution in [3.63, 3.8) is 0 Å². The number of hydrogen-bond acceptors (Lipinski definition) is 3. The van der Waals surface area contributed by atoms with E-state index in [1.54, 1.807) is 5.01 Å². The topological polar surface area (TPSA) is 41.6 Å². The van der Waals surface area contributed by atoms with E-state index in [0.29, 0.717) is 0 Å². The van der Waals surface area contributed by atoms with Crippen molar-refractivity contribution in [3.05, 3.63) is 0 Å². The average molecular weight is 115 g/mol. The molecular weight excluding hydrogens is 102 g/mol.